The Morgan fingerprint density at radius 3 is 1.32 bits per heavy atom. The summed E-state index contributed by atoms with van der Waals surface area (Å²) < 4.78 is 9.18. The molecule has 2 aromatic carbocycles. The van der Waals surface area contributed by atoms with Crippen molar-refractivity contribution in [1.82, 2.24) is 0 Å². The van der Waals surface area contributed by atoms with Crippen molar-refractivity contribution in [3.8, 4) is 11.1 Å². The Hall–Kier alpha value is -3.82. The van der Waals surface area contributed by atoms with Gasteiger partial charge >= 0.3 is 11.9 Å². The summed E-state index contributed by atoms with van der Waals surface area (Å²) in [4.78, 5) is 45.4. The number of rotatable bonds is 5. The molecule has 10 nitrogen and oxygen atoms in total. The van der Waals surface area contributed by atoms with Gasteiger partial charge in [-0.1, -0.05) is 0 Å². The first-order valence-corrected chi connectivity index (χ1v) is 7.87. The summed E-state index contributed by atoms with van der Waals surface area (Å²) in [5.41, 5.74) is -0.575. The fourth-order valence-corrected chi connectivity index (χ4v) is 2.95. The summed E-state index contributed by atoms with van der Waals surface area (Å²) in [5.74, 6) is -1.55. The number of benzene rings is 2. The third-order valence-electron chi connectivity index (χ3n) is 4.12. The first-order chi connectivity index (χ1) is 13.1. The number of nitro groups is 2. The largest absolute Gasteiger partial charge is 0.465 e. The van der Waals surface area contributed by atoms with E-state index in [-0.39, 0.29) is 33.4 Å². The highest BCUT2D eigenvalue weighted by atomic mass is 16.6. The van der Waals surface area contributed by atoms with Gasteiger partial charge in [0.05, 0.1) is 46.3 Å². The standard InChI is InChI=1S/C18H16N2O8/c1-9-5-11(17(21)27-3)7-13(19(23)24)15(9)16-10(2)6-12(18(22)28-4)8-14(16)20(25)26/h5-8H,1-4H3. The van der Waals surface area contributed by atoms with Crippen molar-refractivity contribution < 1.29 is 28.9 Å². The van der Waals surface area contributed by atoms with Crippen molar-refractivity contribution in [2.24, 2.45) is 0 Å². The highest BCUT2D eigenvalue weighted by Gasteiger charge is 2.30. The van der Waals surface area contributed by atoms with Crippen LogP contribution in [0.25, 0.3) is 11.1 Å². The molecule has 28 heavy (non-hydrogen) atoms. The smallest absolute Gasteiger partial charge is 0.338 e. The number of aryl methyl sites for hydroxylation is 2. The molecule has 2 rings (SSSR count). The number of hydrogen-bond acceptors (Lipinski definition) is 8. The zero-order valence-electron chi connectivity index (χ0n) is 15.5. The number of nitrogens with zero attached hydrogens (tertiary/aromatic N) is 2. The van der Waals surface area contributed by atoms with Crippen molar-refractivity contribution in [3.05, 3.63) is 66.7 Å². The second-order valence-corrected chi connectivity index (χ2v) is 5.87. The molecule has 0 saturated carbocycles. The van der Waals surface area contributed by atoms with E-state index in [1.807, 2.05) is 0 Å². The van der Waals surface area contributed by atoms with Crippen LogP contribution in [-0.4, -0.2) is 36.0 Å². The van der Waals surface area contributed by atoms with Crippen molar-refractivity contribution in [1.29, 1.82) is 0 Å². The van der Waals surface area contributed by atoms with Crippen molar-refractivity contribution in [2.45, 2.75) is 13.8 Å². The van der Waals surface area contributed by atoms with E-state index in [1.165, 1.54) is 26.0 Å². The number of carbonyl (C=O) groups is 2. The molecule has 0 unspecified atom stereocenters. The number of nitro benzene ring substituents is 2. The van der Waals surface area contributed by atoms with Crippen LogP contribution in [0, 0.1) is 34.1 Å². The van der Waals surface area contributed by atoms with Crippen LogP contribution < -0.4 is 0 Å². The second-order valence-electron chi connectivity index (χ2n) is 5.87. The monoisotopic (exact) mass is 388 g/mol. The first-order valence-electron chi connectivity index (χ1n) is 7.87. The van der Waals surface area contributed by atoms with E-state index in [9.17, 15) is 29.8 Å². The van der Waals surface area contributed by atoms with Crippen LogP contribution in [0.5, 0.6) is 0 Å². The van der Waals surface area contributed by atoms with E-state index in [0.29, 0.717) is 0 Å². The van der Waals surface area contributed by atoms with Gasteiger partial charge in [0, 0.05) is 12.1 Å². The van der Waals surface area contributed by atoms with Gasteiger partial charge in [-0.25, -0.2) is 9.59 Å². The highest BCUT2D eigenvalue weighted by Crippen LogP contribution is 2.42. The number of methoxy groups -OCH3 is 2. The lowest BCUT2D eigenvalue weighted by Crippen LogP contribution is -2.07. The van der Waals surface area contributed by atoms with Gasteiger partial charge in [-0.15, -0.1) is 0 Å². The van der Waals surface area contributed by atoms with Crippen LogP contribution in [0.3, 0.4) is 0 Å². The average Bonchev–Trinajstić information content (AvgIpc) is 2.65. The summed E-state index contributed by atoms with van der Waals surface area (Å²) in [5, 5.41) is 23.3. The Bertz CT molecular complexity index is 932. The normalized spacial score (nSPS) is 10.3. The number of carbonyl (C=O) groups excluding carboxylic acids is 2. The van der Waals surface area contributed by atoms with E-state index in [1.54, 1.807) is 0 Å². The third-order valence-corrected chi connectivity index (χ3v) is 4.12. The van der Waals surface area contributed by atoms with Gasteiger partial charge in [0.25, 0.3) is 11.4 Å². The summed E-state index contributed by atoms with van der Waals surface area (Å²) in [7, 11) is 2.27. The van der Waals surface area contributed by atoms with Gasteiger partial charge in [-0.05, 0) is 37.1 Å². The van der Waals surface area contributed by atoms with Gasteiger partial charge in [0.1, 0.15) is 0 Å². The third kappa shape index (κ3) is 3.65. The van der Waals surface area contributed by atoms with Crippen LogP contribution in [0.15, 0.2) is 24.3 Å². The summed E-state index contributed by atoms with van der Waals surface area (Å²) in [6.45, 7) is 2.98. The summed E-state index contributed by atoms with van der Waals surface area (Å²) in [6.07, 6.45) is 0. The fourth-order valence-electron chi connectivity index (χ4n) is 2.95. The van der Waals surface area contributed by atoms with Gasteiger partial charge in [0.15, 0.2) is 0 Å². The lowest BCUT2D eigenvalue weighted by molar-refractivity contribution is -0.386. The topological polar surface area (TPSA) is 139 Å². The molecule has 10 heteroatoms. The fraction of sp³-hybridized carbons (Fsp3) is 0.222. The molecule has 0 atom stereocenters. The summed E-state index contributed by atoms with van der Waals surface area (Å²) >= 11 is 0. The Balaban J connectivity index is 2.91. The molecule has 0 radical (unpaired) electrons. The minimum Gasteiger partial charge on any atom is -0.465 e. The van der Waals surface area contributed by atoms with Crippen LogP contribution in [0.4, 0.5) is 11.4 Å². The molecule has 0 aromatic heterocycles. The van der Waals surface area contributed by atoms with Gasteiger partial charge in [-0.3, -0.25) is 20.2 Å². The molecule has 0 amide bonds. The van der Waals surface area contributed by atoms with E-state index in [4.69, 9.17) is 0 Å². The van der Waals surface area contributed by atoms with E-state index in [2.05, 4.69) is 9.47 Å². The van der Waals surface area contributed by atoms with Crippen molar-refractivity contribution in [3.63, 3.8) is 0 Å². The number of esters is 2. The molecule has 146 valence electrons. The number of hydrogen-bond donors (Lipinski definition) is 0. The van der Waals surface area contributed by atoms with E-state index < -0.39 is 33.2 Å². The zero-order chi connectivity index (χ0) is 21.2. The molecule has 0 fully saturated rings. The molecule has 0 aliphatic rings. The van der Waals surface area contributed by atoms with Crippen LogP contribution in [0.2, 0.25) is 0 Å². The SMILES string of the molecule is COC(=O)c1cc(C)c(-c2c(C)cc(C(=O)OC)cc2[N+](=O)[O-])c([N+](=O)[O-])c1. The maximum absolute atomic E-state index is 11.8. The lowest BCUT2D eigenvalue weighted by atomic mass is 9.90. The Morgan fingerprint density at radius 2 is 1.07 bits per heavy atom. The molecule has 0 bridgehead atoms. The lowest BCUT2D eigenvalue weighted by Gasteiger charge is -2.13. The minimum atomic E-state index is -0.773. The van der Waals surface area contributed by atoms with E-state index >= 15 is 0 Å². The maximum atomic E-state index is 11.8. The molecule has 0 N–H and O–H groups in total. The molecular formula is C18H16N2O8. The molecule has 0 saturated heterocycles. The average molecular weight is 388 g/mol. The van der Waals surface area contributed by atoms with Crippen LogP contribution in [-0.2, 0) is 9.47 Å². The predicted octanol–water partition coefficient (Wildman–Crippen LogP) is 3.36. The van der Waals surface area contributed by atoms with Crippen LogP contribution in [0.1, 0.15) is 31.8 Å². The van der Waals surface area contributed by atoms with Gasteiger partial charge < -0.3 is 9.47 Å². The van der Waals surface area contributed by atoms with E-state index in [0.717, 1.165) is 26.4 Å². The Labute approximate surface area is 159 Å². The minimum absolute atomic E-state index is 0.0155. The Kier molecular flexibility index (Phi) is 5.73. The maximum Gasteiger partial charge on any atom is 0.338 e. The van der Waals surface area contributed by atoms with Gasteiger partial charge in [-0.2, -0.15) is 0 Å². The van der Waals surface area contributed by atoms with Crippen molar-refractivity contribution >= 4 is 23.3 Å². The van der Waals surface area contributed by atoms with Crippen molar-refractivity contribution in [2.75, 3.05) is 14.2 Å². The zero-order valence-corrected chi connectivity index (χ0v) is 15.5. The molecule has 0 aliphatic heterocycles. The summed E-state index contributed by atoms with van der Waals surface area (Å²) in [6, 6.07) is 4.72. The number of ether oxygens (including phenoxy) is 2. The quantitative estimate of drug-likeness (QED) is 0.431. The predicted molar refractivity (Wildman–Crippen MR) is 97.3 cm³/mol. The molecular weight excluding hydrogens is 372 g/mol. The molecule has 0 heterocycles. The molecule has 0 spiro atoms. The molecule has 2 aromatic rings. The second kappa shape index (κ2) is 7.82. The van der Waals surface area contributed by atoms with Crippen LogP contribution >= 0.6 is 0 Å². The highest BCUT2D eigenvalue weighted by molar-refractivity contribution is 5.97. The molecule has 0 aliphatic carbocycles. The Morgan fingerprint density at radius 1 is 0.750 bits per heavy atom. The first kappa shape index (κ1) is 20.5. The van der Waals surface area contributed by atoms with Gasteiger partial charge in [0.2, 0.25) is 0 Å².